The summed E-state index contributed by atoms with van der Waals surface area (Å²) in [5.41, 5.74) is 3.01. The van der Waals surface area contributed by atoms with Crippen LogP contribution in [0.4, 0.5) is 11.4 Å². The van der Waals surface area contributed by atoms with Crippen molar-refractivity contribution in [2.24, 2.45) is 0 Å². The quantitative estimate of drug-likeness (QED) is 0.843. The number of anilines is 2. The average Bonchev–Trinajstić information content (AvgIpc) is 2.55. The summed E-state index contributed by atoms with van der Waals surface area (Å²) in [6.45, 7) is 0.834. The minimum Gasteiger partial charge on any atom is -0.385 e. The number of fused-ring (bicyclic) bond motifs is 1. The molecule has 21 heavy (non-hydrogen) atoms. The van der Waals surface area contributed by atoms with Gasteiger partial charge in [0.15, 0.2) is 0 Å². The zero-order valence-electron chi connectivity index (χ0n) is 11.9. The van der Waals surface area contributed by atoms with E-state index in [2.05, 4.69) is 10.6 Å². The fraction of sp³-hybridized carbons (Fsp3) is 0.235. The molecule has 3 nitrogen and oxygen atoms in total. The van der Waals surface area contributed by atoms with Crippen molar-refractivity contribution >= 4 is 29.0 Å². The lowest BCUT2D eigenvalue weighted by atomic mass is 9.90. The number of hydrogen-bond donors (Lipinski definition) is 2. The van der Waals surface area contributed by atoms with Gasteiger partial charge in [0.25, 0.3) is 0 Å². The molecule has 108 valence electrons. The van der Waals surface area contributed by atoms with E-state index in [4.69, 9.17) is 0 Å². The minimum atomic E-state index is -0.0809. The lowest BCUT2D eigenvalue weighted by molar-refractivity contribution is -0.117. The molecule has 3 rings (SSSR count). The first-order valence-corrected chi connectivity index (χ1v) is 8.28. The smallest absolute Gasteiger partial charge is 0.232 e. The van der Waals surface area contributed by atoms with Gasteiger partial charge in [-0.3, -0.25) is 4.79 Å². The molecule has 0 bridgehead atoms. The summed E-state index contributed by atoms with van der Waals surface area (Å²) in [4.78, 5) is 13.7. The van der Waals surface area contributed by atoms with E-state index in [1.54, 1.807) is 11.8 Å². The van der Waals surface area contributed by atoms with E-state index >= 15 is 0 Å². The van der Waals surface area contributed by atoms with Gasteiger partial charge in [0, 0.05) is 22.8 Å². The highest BCUT2D eigenvalue weighted by atomic mass is 32.2. The summed E-state index contributed by atoms with van der Waals surface area (Å²) in [5.74, 6) is -0.0106. The van der Waals surface area contributed by atoms with Gasteiger partial charge in [-0.2, -0.15) is 0 Å². The van der Waals surface area contributed by atoms with Crippen molar-refractivity contribution in [3.05, 3.63) is 54.1 Å². The van der Waals surface area contributed by atoms with Crippen LogP contribution in [0.5, 0.6) is 0 Å². The Labute approximate surface area is 129 Å². The van der Waals surface area contributed by atoms with Crippen LogP contribution in [0.3, 0.4) is 0 Å². The second-order valence-corrected chi connectivity index (χ2v) is 5.95. The number of hydrogen-bond acceptors (Lipinski definition) is 3. The third kappa shape index (κ3) is 3.05. The third-order valence-corrected chi connectivity index (χ3v) is 4.50. The van der Waals surface area contributed by atoms with Gasteiger partial charge in [0.1, 0.15) is 0 Å². The van der Waals surface area contributed by atoms with Gasteiger partial charge in [0.2, 0.25) is 5.91 Å². The molecule has 1 unspecified atom stereocenters. The molecule has 0 aromatic heterocycles. The van der Waals surface area contributed by atoms with E-state index in [0.29, 0.717) is 0 Å². The summed E-state index contributed by atoms with van der Waals surface area (Å²) in [5, 5.41) is 6.37. The maximum Gasteiger partial charge on any atom is 0.232 e. The molecule has 1 aliphatic heterocycles. The molecule has 1 atom stereocenters. The second-order valence-electron chi connectivity index (χ2n) is 5.07. The lowest BCUT2D eigenvalue weighted by Crippen LogP contribution is -2.27. The Morgan fingerprint density at radius 3 is 2.71 bits per heavy atom. The maximum atomic E-state index is 12.5. The SMILES string of the molecule is CSc1ccc(NC(=O)C2CCNc3ccccc32)cc1. The van der Waals surface area contributed by atoms with Gasteiger partial charge in [-0.1, -0.05) is 18.2 Å². The van der Waals surface area contributed by atoms with Gasteiger partial charge >= 0.3 is 0 Å². The van der Waals surface area contributed by atoms with Crippen molar-refractivity contribution in [2.75, 3.05) is 23.4 Å². The van der Waals surface area contributed by atoms with Gasteiger partial charge < -0.3 is 10.6 Å². The Hall–Kier alpha value is -1.94. The molecule has 0 radical (unpaired) electrons. The molecule has 4 heteroatoms. The fourth-order valence-corrected chi connectivity index (χ4v) is 3.05. The highest BCUT2D eigenvalue weighted by Crippen LogP contribution is 2.32. The molecule has 0 spiro atoms. The first-order valence-electron chi connectivity index (χ1n) is 7.05. The molecule has 2 aromatic carbocycles. The number of carbonyl (C=O) groups is 1. The number of para-hydroxylation sites is 1. The first kappa shape index (κ1) is 14.0. The van der Waals surface area contributed by atoms with Crippen LogP contribution in [0.1, 0.15) is 17.9 Å². The van der Waals surface area contributed by atoms with E-state index in [-0.39, 0.29) is 11.8 Å². The Kier molecular flexibility index (Phi) is 4.15. The molecule has 1 heterocycles. The number of benzene rings is 2. The van der Waals surface area contributed by atoms with Crippen LogP contribution in [-0.2, 0) is 4.79 Å². The summed E-state index contributed by atoms with van der Waals surface area (Å²) < 4.78 is 0. The largest absolute Gasteiger partial charge is 0.385 e. The van der Waals surface area contributed by atoms with Crippen molar-refractivity contribution in [2.45, 2.75) is 17.2 Å². The Balaban J connectivity index is 1.76. The molecular weight excluding hydrogens is 280 g/mol. The molecule has 0 saturated carbocycles. The van der Waals surface area contributed by atoms with Crippen LogP contribution >= 0.6 is 11.8 Å². The maximum absolute atomic E-state index is 12.5. The van der Waals surface area contributed by atoms with Gasteiger partial charge in [-0.25, -0.2) is 0 Å². The van der Waals surface area contributed by atoms with Gasteiger partial charge in [0.05, 0.1) is 5.92 Å². The van der Waals surface area contributed by atoms with E-state index in [1.807, 2.05) is 54.8 Å². The molecule has 1 amide bonds. The zero-order chi connectivity index (χ0) is 14.7. The highest BCUT2D eigenvalue weighted by Gasteiger charge is 2.26. The predicted octanol–water partition coefficient (Wildman–Crippen LogP) is 3.95. The van der Waals surface area contributed by atoms with E-state index in [1.165, 1.54) is 4.90 Å². The van der Waals surface area contributed by atoms with Crippen LogP contribution < -0.4 is 10.6 Å². The number of thioether (sulfide) groups is 1. The van der Waals surface area contributed by atoms with Crippen LogP contribution in [0.25, 0.3) is 0 Å². The topological polar surface area (TPSA) is 41.1 Å². The summed E-state index contributed by atoms with van der Waals surface area (Å²) >= 11 is 1.69. The normalized spacial score (nSPS) is 16.7. The fourth-order valence-electron chi connectivity index (χ4n) is 2.64. The number of nitrogens with one attached hydrogen (secondary N) is 2. The van der Waals surface area contributed by atoms with Crippen molar-refractivity contribution < 1.29 is 4.79 Å². The van der Waals surface area contributed by atoms with Crippen LogP contribution in [0.15, 0.2) is 53.4 Å². The van der Waals surface area contributed by atoms with E-state index in [0.717, 1.165) is 29.9 Å². The zero-order valence-corrected chi connectivity index (χ0v) is 12.7. The average molecular weight is 298 g/mol. The van der Waals surface area contributed by atoms with Crippen molar-refractivity contribution in [1.29, 1.82) is 0 Å². The van der Waals surface area contributed by atoms with Crippen LogP contribution in [0, 0.1) is 0 Å². The summed E-state index contributed by atoms with van der Waals surface area (Å²) in [6.07, 6.45) is 2.87. The molecule has 2 aromatic rings. The molecule has 0 fully saturated rings. The molecular formula is C17H18N2OS. The molecule has 1 aliphatic rings. The second kappa shape index (κ2) is 6.22. The predicted molar refractivity (Wildman–Crippen MR) is 89.1 cm³/mol. The van der Waals surface area contributed by atoms with E-state index < -0.39 is 0 Å². The lowest BCUT2D eigenvalue weighted by Gasteiger charge is -2.25. The highest BCUT2D eigenvalue weighted by molar-refractivity contribution is 7.98. The summed E-state index contributed by atoms with van der Waals surface area (Å²) in [6, 6.07) is 16.0. The monoisotopic (exact) mass is 298 g/mol. The first-order chi connectivity index (χ1) is 10.3. The van der Waals surface area contributed by atoms with Crippen LogP contribution in [-0.4, -0.2) is 18.7 Å². The van der Waals surface area contributed by atoms with Gasteiger partial charge in [-0.05, 0) is 48.6 Å². The Morgan fingerprint density at radius 1 is 1.19 bits per heavy atom. The Morgan fingerprint density at radius 2 is 1.95 bits per heavy atom. The molecule has 0 aliphatic carbocycles. The van der Waals surface area contributed by atoms with Gasteiger partial charge in [-0.15, -0.1) is 11.8 Å². The Bertz CT molecular complexity index is 639. The third-order valence-electron chi connectivity index (χ3n) is 3.76. The number of rotatable bonds is 3. The van der Waals surface area contributed by atoms with Crippen LogP contribution in [0.2, 0.25) is 0 Å². The van der Waals surface area contributed by atoms with E-state index in [9.17, 15) is 4.79 Å². The number of carbonyl (C=O) groups excluding carboxylic acids is 1. The minimum absolute atomic E-state index is 0.0702. The number of amides is 1. The van der Waals surface area contributed by atoms with Crippen molar-refractivity contribution in [3.63, 3.8) is 0 Å². The standard InChI is InChI=1S/C17H18N2OS/c1-21-13-8-6-12(7-9-13)19-17(20)15-10-11-18-16-5-3-2-4-14(15)16/h2-9,15,18H,10-11H2,1H3,(H,19,20). The summed E-state index contributed by atoms with van der Waals surface area (Å²) in [7, 11) is 0. The molecule has 0 saturated heterocycles. The van der Waals surface area contributed by atoms with Crippen molar-refractivity contribution in [1.82, 2.24) is 0 Å². The molecule has 2 N–H and O–H groups in total. The van der Waals surface area contributed by atoms with Crippen molar-refractivity contribution in [3.8, 4) is 0 Å².